The summed E-state index contributed by atoms with van der Waals surface area (Å²) in [6.07, 6.45) is 2.10. The van der Waals surface area contributed by atoms with Crippen molar-refractivity contribution in [3.63, 3.8) is 0 Å². The van der Waals surface area contributed by atoms with Gasteiger partial charge in [0.1, 0.15) is 11.8 Å². The van der Waals surface area contributed by atoms with E-state index in [0.717, 1.165) is 24.1 Å². The second-order valence-corrected chi connectivity index (χ2v) is 6.14. The van der Waals surface area contributed by atoms with E-state index < -0.39 is 6.04 Å². The van der Waals surface area contributed by atoms with Gasteiger partial charge in [-0.05, 0) is 43.5 Å². The molecule has 3 rings (SSSR count). The standard InChI is InChI=1S/C20H22N2O3/c1-14(20(24)21-16-9-6-10-17(13-16)25-2)22-18-11-4-3-7-15(18)8-5-12-19(22)23/h3-4,6-7,9-11,13-14H,5,8,12H2,1-2H3,(H,21,24)/t14-/m1/s1. The maximum Gasteiger partial charge on any atom is 0.247 e. The molecule has 0 aromatic heterocycles. The third-order valence-corrected chi connectivity index (χ3v) is 4.46. The lowest BCUT2D eigenvalue weighted by Crippen LogP contribution is -2.45. The van der Waals surface area contributed by atoms with Gasteiger partial charge in [-0.25, -0.2) is 0 Å². The zero-order valence-corrected chi connectivity index (χ0v) is 14.5. The molecule has 0 saturated carbocycles. The number of nitrogens with one attached hydrogen (secondary N) is 1. The Bertz CT molecular complexity index is 788. The minimum Gasteiger partial charge on any atom is -0.497 e. The Kier molecular flexibility index (Phi) is 5.03. The molecule has 5 heteroatoms. The third kappa shape index (κ3) is 3.65. The monoisotopic (exact) mass is 338 g/mol. The number of nitrogens with zero attached hydrogens (tertiary/aromatic N) is 1. The van der Waals surface area contributed by atoms with Crippen molar-refractivity contribution in [2.24, 2.45) is 0 Å². The largest absolute Gasteiger partial charge is 0.497 e. The molecule has 1 aliphatic heterocycles. The summed E-state index contributed by atoms with van der Waals surface area (Å²) >= 11 is 0. The summed E-state index contributed by atoms with van der Waals surface area (Å²) in [5.74, 6) is 0.429. The third-order valence-electron chi connectivity index (χ3n) is 4.46. The van der Waals surface area contributed by atoms with Crippen LogP contribution in [0.25, 0.3) is 0 Å². The summed E-state index contributed by atoms with van der Waals surface area (Å²) in [4.78, 5) is 27.0. The minimum absolute atomic E-state index is 0.0155. The van der Waals surface area contributed by atoms with Gasteiger partial charge in [-0.2, -0.15) is 0 Å². The highest BCUT2D eigenvalue weighted by atomic mass is 16.5. The van der Waals surface area contributed by atoms with Crippen molar-refractivity contribution in [3.8, 4) is 5.75 Å². The zero-order valence-electron chi connectivity index (χ0n) is 14.5. The number of anilines is 2. The van der Waals surface area contributed by atoms with Gasteiger partial charge in [0.15, 0.2) is 0 Å². The van der Waals surface area contributed by atoms with Gasteiger partial charge >= 0.3 is 0 Å². The van der Waals surface area contributed by atoms with Gasteiger partial charge in [0.25, 0.3) is 0 Å². The SMILES string of the molecule is COc1cccc(NC(=O)[C@@H](C)N2C(=O)CCCc3ccccc32)c1. The molecule has 2 aromatic rings. The number of carbonyl (C=O) groups is 2. The number of methoxy groups -OCH3 is 1. The highest BCUT2D eigenvalue weighted by Crippen LogP contribution is 2.29. The first-order valence-electron chi connectivity index (χ1n) is 8.45. The number of ether oxygens (including phenoxy) is 1. The number of para-hydroxylation sites is 1. The number of aryl methyl sites for hydroxylation is 1. The molecule has 0 radical (unpaired) electrons. The van der Waals surface area contributed by atoms with E-state index in [1.165, 1.54) is 0 Å². The van der Waals surface area contributed by atoms with Crippen LogP contribution >= 0.6 is 0 Å². The van der Waals surface area contributed by atoms with E-state index >= 15 is 0 Å². The average molecular weight is 338 g/mol. The van der Waals surface area contributed by atoms with Gasteiger partial charge < -0.3 is 10.1 Å². The molecule has 0 unspecified atom stereocenters. The molecule has 2 aromatic carbocycles. The van der Waals surface area contributed by atoms with E-state index in [0.29, 0.717) is 17.9 Å². The van der Waals surface area contributed by atoms with Crippen molar-refractivity contribution in [3.05, 3.63) is 54.1 Å². The molecule has 2 amide bonds. The topological polar surface area (TPSA) is 58.6 Å². The van der Waals surface area contributed by atoms with Gasteiger partial charge in [0.05, 0.1) is 7.11 Å². The van der Waals surface area contributed by atoms with Gasteiger partial charge in [-0.1, -0.05) is 24.3 Å². The number of hydrogen-bond donors (Lipinski definition) is 1. The molecule has 25 heavy (non-hydrogen) atoms. The highest BCUT2D eigenvalue weighted by molar-refractivity contribution is 6.05. The molecule has 0 saturated heterocycles. The number of fused-ring (bicyclic) bond motifs is 1. The van der Waals surface area contributed by atoms with Crippen LogP contribution in [0.2, 0.25) is 0 Å². The summed E-state index contributed by atoms with van der Waals surface area (Å²) in [5, 5.41) is 2.87. The lowest BCUT2D eigenvalue weighted by Gasteiger charge is -2.28. The lowest BCUT2D eigenvalue weighted by molar-refractivity contribution is -0.123. The first-order chi connectivity index (χ1) is 12.1. The zero-order chi connectivity index (χ0) is 17.8. The number of rotatable bonds is 4. The molecule has 0 fully saturated rings. The quantitative estimate of drug-likeness (QED) is 0.929. The summed E-state index contributed by atoms with van der Waals surface area (Å²) in [6, 6.07) is 14.4. The molecular formula is C20H22N2O3. The van der Waals surface area contributed by atoms with Crippen LogP contribution in [0.1, 0.15) is 25.3 Å². The fourth-order valence-electron chi connectivity index (χ4n) is 3.13. The molecule has 0 bridgehead atoms. The summed E-state index contributed by atoms with van der Waals surface area (Å²) in [7, 11) is 1.58. The molecule has 1 heterocycles. The Labute approximate surface area is 147 Å². The Morgan fingerprint density at radius 3 is 2.76 bits per heavy atom. The van der Waals surface area contributed by atoms with Crippen LogP contribution in [0.3, 0.4) is 0 Å². The van der Waals surface area contributed by atoms with Crippen molar-refractivity contribution >= 4 is 23.2 Å². The Morgan fingerprint density at radius 2 is 1.96 bits per heavy atom. The van der Waals surface area contributed by atoms with Gasteiger partial charge in [-0.15, -0.1) is 0 Å². The summed E-state index contributed by atoms with van der Waals surface area (Å²) < 4.78 is 5.18. The molecule has 130 valence electrons. The molecule has 0 aliphatic carbocycles. The lowest BCUT2D eigenvalue weighted by atomic mass is 10.1. The second kappa shape index (κ2) is 7.38. The maximum absolute atomic E-state index is 12.7. The van der Waals surface area contributed by atoms with Crippen molar-refractivity contribution < 1.29 is 14.3 Å². The van der Waals surface area contributed by atoms with Crippen molar-refractivity contribution in [2.75, 3.05) is 17.3 Å². The van der Waals surface area contributed by atoms with E-state index in [1.807, 2.05) is 36.4 Å². The fourth-order valence-corrected chi connectivity index (χ4v) is 3.13. The Balaban J connectivity index is 1.84. The van der Waals surface area contributed by atoms with Crippen LogP contribution in [-0.4, -0.2) is 25.0 Å². The Morgan fingerprint density at radius 1 is 1.16 bits per heavy atom. The van der Waals surface area contributed by atoms with Crippen LogP contribution in [-0.2, 0) is 16.0 Å². The normalized spacial score (nSPS) is 15.1. The first kappa shape index (κ1) is 17.0. The fraction of sp³-hybridized carbons (Fsp3) is 0.300. The van der Waals surface area contributed by atoms with Crippen LogP contribution in [0.15, 0.2) is 48.5 Å². The van der Waals surface area contributed by atoms with Crippen molar-refractivity contribution in [1.82, 2.24) is 0 Å². The molecule has 1 aliphatic rings. The van der Waals surface area contributed by atoms with Crippen LogP contribution in [0.4, 0.5) is 11.4 Å². The van der Waals surface area contributed by atoms with Crippen LogP contribution in [0, 0.1) is 0 Å². The molecule has 1 atom stereocenters. The molecule has 1 N–H and O–H groups in total. The van der Waals surface area contributed by atoms with Crippen LogP contribution < -0.4 is 15.0 Å². The van der Waals surface area contributed by atoms with E-state index in [9.17, 15) is 9.59 Å². The number of carbonyl (C=O) groups excluding carboxylic acids is 2. The van der Waals surface area contributed by atoms with Crippen molar-refractivity contribution in [2.45, 2.75) is 32.2 Å². The average Bonchev–Trinajstić information content (AvgIpc) is 2.79. The van der Waals surface area contributed by atoms with Gasteiger partial charge in [-0.3, -0.25) is 14.5 Å². The highest BCUT2D eigenvalue weighted by Gasteiger charge is 2.30. The predicted molar refractivity (Wildman–Crippen MR) is 98.0 cm³/mol. The van der Waals surface area contributed by atoms with Gasteiger partial charge in [0, 0.05) is 23.9 Å². The second-order valence-electron chi connectivity index (χ2n) is 6.14. The van der Waals surface area contributed by atoms with E-state index in [4.69, 9.17) is 4.74 Å². The number of hydrogen-bond acceptors (Lipinski definition) is 3. The van der Waals surface area contributed by atoms with E-state index in [1.54, 1.807) is 31.1 Å². The maximum atomic E-state index is 12.7. The first-order valence-corrected chi connectivity index (χ1v) is 8.45. The van der Waals surface area contributed by atoms with E-state index in [2.05, 4.69) is 5.32 Å². The number of amides is 2. The smallest absolute Gasteiger partial charge is 0.247 e. The van der Waals surface area contributed by atoms with E-state index in [-0.39, 0.29) is 11.8 Å². The number of benzene rings is 2. The minimum atomic E-state index is -0.599. The Hall–Kier alpha value is -2.82. The molecule has 0 spiro atoms. The predicted octanol–water partition coefficient (Wildman–Crippen LogP) is 3.39. The molecular weight excluding hydrogens is 316 g/mol. The summed E-state index contributed by atoms with van der Waals surface area (Å²) in [5.41, 5.74) is 2.58. The molecule has 5 nitrogen and oxygen atoms in total. The van der Waals surface area contributed by atoms with Crippen LogP contribution in [0.5, 0.6) is 5.75 Å². The summed E-state index contributed by atoms with van der Waals surface area (Å²) in [6.45, 7) is 1.76. The van der Waals surface area contributed by atoms with Gasteiger partial charge in [0.2, 0.25) is 11.8 Å². The van der Waals surface area contributed by atoms with Crippen molar-refractivity contribution in [1.29, 1.82) is 0 Å².